The average molecular weight is 641 g/mol. The maximum absolute atomic E-state index is 13.9. The number of nitrogens with zero attached hydrogens (tertiary/aromatic N) is 1. The summed E-state index contributed by atoms with van der Waals surface area (Å²) in [5.74, 6) is -1.64. The molecule has 0 aliphatic rings. The first-order valence-electron chi connectivity index (χ1n) is 13.2. The number of hydrogen-bond acceptors (Lipinski definition) is 3. The summed E-state index contributed by atoms with van der Waals surface area (Å²) < 4.78 is 63.1. The predicted molar refractivity (Wildman–Crippen MR) is 167 cm³/mol. The van der Waals surface area contributed by atoms with Gasteiger partial charge in [0.2, 0.25) is 0 Å². The molecule has 4 aromatic carbocycles. The molecule has 0 radical (unpaired) electrons. The number of amides is 1. The van der Waals surface area contributed by atoms with Gasteiger partial charge in [-0.3, -0.25) is 4.79 Å². The molecule has 226 valence electrons. The van der Waals surface area contributed by atoms with Crippen LogP contribution in [-0.4, -0.2) is 21.6 Å². The maximum atomic E-state index is 13.9. The number of para-hydroxylation sites is 1. The van der Waals surface area contributed by atoms with Crippen molar-refractivity contribution in [2.75, 3.05) is 5.32 Å². The van der Waals surface area contributed by atoms with E-state index in [0.29, 0.717) is 23.5 Å². The summed E-state index contributed by atoms with van der Waals surface area (Å²) in [4.78, 5) is 24.7. The van der Waals surface area contributed by atoms with Gasteiger partial charge in [0, 0.05) is 34.3 Å². The Bertz CT molecular complexity index is 1820. The number of carbonyl (C=O) groups excluding carboxylic acids is 1. The summed E-state index contributed by atoms with van der Waals surface area (Å²) in [5.41, 5.74) is -4.96. The summed E-state index contributed by atoms with van der Waals surface area (Å²) >= 11 is 0. The fraction of sp³-hybridized carbons (Fsp3) is 0.125. The molecule has 1 amide bonds. The molecule has 6 nitrogen and oxygen atoms in total. The Hall–Kier alpha value is -4.26. The molecule has 1 aromatic heterocycles. The summed E-state index contributed by atoms with van der Waals surface area (Å²) in [6, 6.07) is 25.2. The third-order valence-corrected chi connectivity index (χ3v) is 7.52. The molecule has 2 atom stereocenters. The lowest BCUT2D eigenvalue weighted by Gasteiger charge is -2.18. The molecule has 5 aromatic rings. The number of aromatic carboxylic acids is 1. The molecule has 0 bridgehead atoms. The normalized spacial score (nSPS) is 11.9. The van der Waals surface area contributed by atoms with Crippen LogP contribution >= 0.6 is 18.5 Å². The molecule has 44 heavy (non-hydrogen) atoms. The molecule has 2 N–H and O–H groups in total. The molecule has 1 heterocycles. The van der Waals surface area contributed by atoms with E-state index in [9.17, 15) is 32.3 Å². The summed E-state index contributed by atoms with van der Waals surface area (Å²) in [6.07, 6.45) is 0. The van der Waals surface area contributed by atoms with Crippen LogP contribution in [0, 0.1) is 0 Å². The Balaban J connectivity index is 1.35. The minimum atomic E-state index is -3.41. The second-order valence-corrected chi connectivity index (χ2v) is 11.6. The highest BCUT2D eigenvalue weighted by Crippen LogP contribution is 2.42. The Morgan fingerprint density at radius 3 is 2.07 bits per heavy atom. The quantitative estimate of drug-likeness (QED) is 0.120. The van der Waals surface area contributed by atoms with Crippen molar-refractivity contribution < 1.29 is 37.0 Å². The Morgan fingerprint density at radius 1 is 0.795 bits per heavy atom. The fourth-order valence-electron chi connectivity index (χ4n) is 4.65. The number of halogens is 4. The van der Waals surface area contributed by atoms with Crippen LogP contribution in [0.15, 0.2) is 97.1 Å². The predicted octanol–water partition coefficient (Wildman–Crippen LogP) is 8.07. The van der Waals surface area contributed by atoms with Crippen LogP contribution in [0.3, 0.4) is 0 Å². The monoisotopic (exact) mass is 640 g/mol. The number of hydrogen-bond donors (Lipinski definition) is 2. The zero-order valence-corrected chi connectivity index (χ0v) is 25.2. The highest BCUT2D eigenvalue weighted by Gasteiger charge is 2.31. The van der Waals surface area contributed by atoms with Crippen molar-refractivity contribution in [3.05, 3.63) is 131 Å². The van der Waals surface area contributed by atoms with Crippen molar-refractivity contribution in [1.82, 2.24) is 4.57 Å². The second kappa shape index (κ2) is 12.4. The lowest BCUT2D eigenvalue weighted by atomic mass is 10.1. The van der Waals surface area contributed by atoms with E-state index in [4.69, 9.17) is 4.74 Å². The molecule has 0 spiro atoms. The van der Waals surface area contributed by atoms with E-state index < -0.39 is 34.3 Å². The number of alkyl halides is 4. The van der Waals surface area contributed by atoms with Crippen LogP contribution in [0.25, 0.3) is 10.9 Å². The molecule has 2 unspecified atom stereocenters. The zero-order chi connectivity index (χ0) is 31.6. The van der Waals surface area contributed by atoms with E-state index >= 15 is 0 Å². The number of carboxylic acids is 1. The summed E-state index contributed by atoms with van der Waals surface area (Å²) in [7, 11) is 2.67. The SMILES string of the molecule is O=C(O)c1cccc(NC(=O)c2cc3ccccc3n2Cc2ccc(COc3cc(C(F)(F)P)cc(C(F)(F)P)c3)cc2)c1. The van der Waals surface area contributed by atoms with Gasteiger partial charge in [-0.15, -0.1) is 0 Å². The standard InChI is InChI=1S/C32H26F4N2O4P2/c33-31(34,43)23-14-24(32(35,36)44)16-26(15-23)42-18-20-10-8-19(9-11-20)17-38-27-7-2-1-4-21(27)13-28(38)29(39)37-25-6-3-5-22(12-25)30(40)41/h1-16H,17-18,43-44H2,(H,37,39)(H,40,41). The first-order valence-corrected chi connectivity index (χ1v) is 14.4. The average Bonchev–Trinajstić information content (AvgIpc) is 3.34. The van der Waals surface area contributed by atoms with Gasteiger partial charge in [-0.2, -0.15) is 17.6 Å². The van der Waals surface area contributed by atoms with Crippen LogP contribution in [0.4, 0.5) is 23.2 Å². The van der Waals surface area contributed by atoms with E-state index in [1.165, 1.54) is 30.6 Å². The van der Waals surface area contributed by atoms with E-state index in [1.54, 1.807) is 30.3 Å². The number of fused-ring (bicyclic) bond motifs is 1. The molecule has 5 rings (SSSR count). The lowest BCUT2D eigenvalue weighted by Crippen LogP contribution is -2.17. The van der Waals surface area contributed by atoms with Gasteiger partial charge in [0.05, 0.1) is 5.56 Å². The first-order chi connectivity index (χ1) is 20.8. The number of carbonyl (C=O) groups is 2. The Labute approximate surface area is 254 Å². The van der Waals surface area contributed by atoms with Gasteiger partial charge in [-0.25, -0.2) is 4.79 Å². The van der Waals surface area contributed by atoms with Crippen LogP contribution in [0.2, 0.25) is 0 Å². The topological polar surface area (TPSA) is 80.6 Å². The molecule has 0 aliphatic carbocycles. The number of aromatic nitrogens is 1. The third kappa shape index (κ3) is 7.26. The molecule has 12 heteroatoms. The Kier molecular flexibility index (Phi) is 8.78. The molecule has 0 fully saturated rings. The van der Waals surface area contributed by atoms with E-state index in [-0.39, 0.29) is 17.9 Å². The number of ether oxygens (including phenoxy) is 1. The van der Waals surface area contributed by atoms with Crippen molar-refractivity contribution in [2.24, 2.45) is 0 Å². The van der Waals surface area contributed by atoms with Gasteiger partial charge < -0.3 is 19.7 Å². The number of rotatable bonds is 10. The number of benzene rings is 4. The fourth-order valence-corrected chi connectivity index (χ4v) is 4.98. The van der Waals surface area contributed by atoms with Gasteiger partial charge in [-0.05, 0) is 59.7 Å². The van der Waals surface area contributed by atoms with Crippen molar-refractivity contribution in [3.63, 3.8) is 0 Å². The lowest BCUT2D eigenvalue weighted by molar-refractivity contribution is 0.0696. The summed E-state index contributed by atoms with van der Waals surface area (Å²) in [6.45, 7) is 0.272. The molecule has 0 saturated heterocycles. The molecule has 0 aliphatic heterocycles. The molecular weight excluding hydrogens is 614 g/mol. The molecular formula is C32H26F4N2O4P2. The van der Waals surface area contributed by atoms with Crippen LogP contribution in [0.1, 0.15) is 43.1 Å². The summed E-state index contributed by atoms with van der Waals surface area (Å²) in [5, 5.41) is 12.9. The maximum Gasteiger partial charge on any atom is 0.335 e. The van der Waals surface area contributed by atoms with Crippen molar-refractivity contribution >= 4 is 46.9 Å². The minimum Gasteiger partial charge on any atom is -0.489 e. The van der Waals surface area contributed by atoms with E-state index in [1.807, 2.05) is 41.0 Å². The van der Waals surface area contributed by atoms with Gasteiger partial charge in [0.1, 0.15) is 18.1 Å². The highest BCUT2D eigenvalue weighted by atomic mass is 31.0. The van der Waals surface area contributed by atoms with Gasteiger partial charge in [-0.1, -0.05) is 67.0 Å². The van der Waals surface area contributed by atoms with Gasteiger partial charge >= 0.3 is 5.97 Å². The van der Waals surface area contributed by atoms with Crippen LogP contribution in [-0.2, 0) is 24.5 Å². The third-order valence-electron chi connectivity index (χ3n) is 6.86. The van der Waals surface area contributed by atoms with Crippen LogP contribution < -0.4 is 10.1 Å². The smallest absolute Gasteiger partial charge is 0.335 e. The van der Waals surface area contributed by atoms with Crippen molar-refractivity contribution in [1.29, 1.82) is 0 Å². The Morgan fingerprint density at radius 2 is 1.43 bits per heavy atom. The zero-order valence-electron chi connectivity index (χ0n) is 22.9. The first kappa shape index (κ1) is 31.2. The van der Waals surface area contributed by atoms with Gasteiger partial charge in [0.15, 0.2) is 0 Å². The number of nitrogens with one attached hydrogen (secondary N) is 1. The van der Waals surface area contributed by atoms with Gasteiger partial charge in [0.25, 0.3) is 17.2 Å². The van der Waals surface area contributed by atoms with Crippen LogP contribution in [0.5, 0.6) is 5.75 Å². The highest BCUT2D eigenvalue weighted by molar-refractivity contribution is 7.18. The number of carboxylic acid groups (broad SMARTS) is 1. The van der Waals surface area contributed by atoms with Crippen molar-refractivity contribution in [2.45, 2.75) is 24.5 Å². The van der Waals surface area contributed by atoms with E-state index in [0.717, 1.165) is 34.7 Å². The number of anilines is 1. The second-order valence-electron chi connectivity index (χ2n) is 10.1. The largest absolute Gasteiger partial charge is 0.489 e. The van der Waals surface area contributed by atoms with Crippen molar-refractivity contribution in [3.8, 4) is 5.75 Å². The molecule has 0 saturated carbocycles. The minimum absolute atomic E-state index is 0.0465. The van der Waals surface area contributed by atoms with E-state index in [2.05, 4.69) is 5.32 Å².